The quantitative estimate of drug-likeness (QED) is 0.402. The number of alkyl halides is 1. The summed E-state index contributed by atoms with van der Waals surface area (Å²) in [5, 5.41) is 0. The number of carbonyl (C=O) groups excluding carboxylic acids is 1. The number of ether oxygens (including phenoxy) is 2. The van der Waals surface area contributed by atoms with Crippen LogP contribution in [0.5, 0.6) is 0 Å². The Balaban J connectivity index is 3.22. The van der Waals surface area contributed by atoms with E-state index in [2.05, 4.69) is 15.9 Å². The van der Waals surface area contributed by atoms with E-state index < -0.39 is 0 Å². The third kappa shape index (κ3) is 8.01. The molecule has 1 atom stereocenters. The maximum absolute atomic E-state index is 10.9. The second-order valence-corrected chi connectivity index (χ2v) is 4.12. The van der Waals surface area contributed by atoms with Gasteiger partial charge in [-0.15, -0.1) is 0 Å². The molecule has 0 aliphatic carbocycles. The first-order valence-corrected chi connectivity index (χ1v) is 4.87. The highest BCUT2D eigenvalue weighted by Crippen LogP contribution is 2.00. The van der Waals surface area contributed by atoms with E-state index in [-0.39, 0.29) is 10.8 Å². The van der Waals surface area contributed by atoms with Gasteiger partial charge >= 0.3 is 5.97 Å². The molecule has 0 aromatic rings. The lowest BCUT2D eigenvalue weighted by Gasteiger charge is -2.05. The Kier molecular flexibility index (Phi) is 7.50. The van der Waals surface area contributed by atoms with E-state index in [1.54, 1.807) is 7.11 Å². The minimum absolute atomic E-state index is 0.154. The molecule has 72 valence electrons. The maximum Gasteiger partial charge on any atom is 0.305 e. The average Bonchev–Trinajstić information content (AvgIpc) is 2.01. The standard InChI is InChI=1S/C8H15BrO3/c1-7(9)6-12-8(10)4-3-5-11-2/h7H,3-6H2,1-2H3. The molecule has 3 nitrogen and oxygen atoms in total. The zero-order valence-corrected chi connectivity index (χ0v) is 9.09. The molecule has 0 aliphatic rings. The molecule has 0 saturated carbocycles. The zero-order chi connectivity index (χ0) is 9.40. The first kappa shape index (κ1) is 11.9. The van der Waals surface area contributed by atoms with Crippen molar-refractivity contribution in [1.82, 2.24) is 0 Å². The Labute approximate surface area is 81.6 Å². The van der Waals surface area contributed by atoms with E-state index in [1.165, 1.54) is 0 Å². The second kappa shape index (κ2) is 7.55. The molecule has 0 heterocycles. The van der Waals surface area contributed by atoms with Gasteiger partial charge in [0.25, 0.3) is 0 Å². The molecular weight excluding hydrogens is 224 g/mol. The molecule has 0 aliphatic heterocycles. The first-order valence-electron chi connectivity index (χ1n) is 3.95. The molecule has 0 fully saturated rings. The molecular formula is C8H15BrO3. The third-order valence-corrected chi connectivity index (χ3v) is 1.47. The van der Waals surface area contributed by atoms with Crippen LogP contribution >= 0.6 is 15.9 Å². The molecule has 1 unspecified atom stereocenters. The molecule has 0 radical (unpaired) electrons. The van der Waals surface area contributed by atoms with Crippen LogP contribution in [0.1, 0.15) is 19.8 Å². The molecule has 0 N–H and O–H groups in total. The van der Waals surface area contributed by atoms with Gasteiger partial charge in [-0.25, -0.2) is 0 Å². The van der Waals surface area contributed by atoms with Crippen molar-refractivity contribution in [2.75, 3.05) is 20.3 Å². The average molecular weight is 239 g/mol. The molecule has 0 bridgehead atoms. The van der Waals surface area contributed by atoms with E-state index in [0.29, 0.717) is 19.6 Å². The van der Waals surface area contributed by atoms with Gasteiger partial charge in [0.15, 0.2) is 0 Å². The molecule has 0 saturated heterocycles. The highest BCUT2D eigenvalue weighted by molar-refractivity contribution is 9.09. The van der Waals surface area contributed by atoms with Crippen molar-refractivity contribution >= 4 is 21.9 Å². The summed E-state index contributed by atoms with van der Waals surface area (Å²) in [7, 11) is 1.62. The van der Waals surface area contributed by atoms with Crippen LogP contribution in [0.15, 0.2) is 0 Å². The van der Waals surface area contributed by atoms with E-state index >= 15 is 0 Å². The van der Waals surface area contributed by atoms with Gasteiger partial charge in [-0.1, -0.05) is 15.9 Å². The van der Waals surface area contributed by atoms with Crippen molar-refractivity contribution < 1.29 is 14.3 Å². The Hall–Kier alpha value is -0.0900. The largest absolute Gasteiger partial charge is 0.464 e. The smallest absolute Gasteiger partial charge is 0.305 e. The van der Waals surface area contributed by atoms with E-state index in [4.69, 9.17) is 9.47 Å². The Morgan fingerprint density at radius 3 is 2.75 bits per heavy atom. The summed E-state index contributed by atoms with van der Waals surface area (Å²) in [4.78, 5) is 11.1. The van der Waals surface area contributed by atoms with Gasteiger partial charge in [0.2, 0.25) is 0 Å². The van der Waals surface area contributed by atoms with Crippen molar-refractivity contribution in [3.05, 3.63) is 0 Å². The zero-order valence-electron chi connectivity index (χ0n) is 7.51. The second-order valence-electron chi connectivity index (χ2n) is 2.56. The first-order chi connectivity index (χ1) is 5.66. The van der Waals surface area contributed by atoms with E-state index in [0.717, 1.165) is 6.42 Å². The monoisotopic (exact) mass is 238 g/mol. The maximum atomic E-state index is 10.9. The summed E-state index contributed by atoms with van der Waals surface area (Å²) < 4.78 is 9.71. The van der Waals surface area contributed by atoms with Crippen LogP contribution < -0.4 is 0 Å². The summed E-state index contributed by atoms with van der Waals surface area (Å²) in [6, 6.07) is 0. The summed E-state index contributed by atoms with van der Waals surface area (Å²) >= 11 is 3.28. The summed E-state index contributed by atoms with van der Waals surface area (Å²) in [5.74, 6) is -0.154. The Morgan fingerprint density at radius 1 is 1.58 bits per heavy atom. The fourth-order valence-electron chi connectivity index (χ4n) is 0.641. The van der Waals surface area contributed by atoms with Gasteiger partial charge in [-0.3, -0.25) is 4.79 Å². The predicted octanol–water partition coefficient (Wildman–Crippen LogP) is 1.74. The highest BCUT2D eigenvalue weighted by Gasteiger charge is 2.03. The molecule has 0 amide bonds. The summed E-state index contributed by atoms with van der Waals surface area (Å²) in [5.41, 5.74) is 0. The lowest BCUT2D eigenvalue weighted by Crippen LogP contribution is -2.11. The van der Waals surface area contributed by atoms with Crippen molar-refractivity contribution in [1.29, 1.82) is 0 Å². The number of rotatable bonds is 6. The van der Waals surface area contributed by atoms with Crippen LogP contribution in [0.25, 0.3) is 0 Å². The predicted molar refractivity (Wildman–Crippen MR) is 50.5 cm³/mol. The summed E-state index contributed by atoms with van der Waals surface area (Å²) in [6.45, 7) is 2.98. The van der Waals surface area contributed by atoms with Crippen LogP contribution in [-0.4, -0.2) is 31.1 Å². The minimum atomic E-state index is -0.154. The molecule has 0 aromatic carbocycles. The highest BCUT2D eigenvalue weighted by atomic mass is 79.9. The van der Waals surface area contributed by atoms with Crippen molar-refractivity contribution in [2.45, 2.75) is 24.6 Å². The van der Waals surface area contributed by atoms with Gasteiger partial charge in [0.05, 0.1) is 0 Å². The fraction of sp³-hybridized carbons (Fsp3) is 0.875. The van der Waals surface area contributed by atoms with Crippen LogP contribution in [0.3, 0.4) is 0 Å². The van der Waals surface area contributed by atoms with Gasteiger partial charge in [-0.05, 0) is 13.3 Å². The molecule has 12 heavy (non-hydrogen) atoms. The lowest BCUT2D eigenvalue weighted by atomic mass is 10.3. The van der Waals surface area contributed by atoms with Crippen molar-refractivity contribution in [3.8, 4) is 0 Å². The van der Waals surface area contributed by atoms with Gasteiger partial charge in [0.1, 0.15) is 6.61 Å². The third-order valence-electron chi connectivity index (χ3n) is 1.20. The number of halogens is 1. The Morgan fingerprint density at radius 2 is 2.25 bits per heavy atom. The molecule has 0 aromatic heterocycles. The SMILES string of the molecule is COCCCC(=O)OCC(C)Br. The van der Waals surface area contributed by atoms with E-state index in [1.807, 2.05) is 6.92 Å². The number of hydrogen-bond acceptors (Lipinski definition) is 3. The Bertz CT molecular complexity index is 125. The summed E-state index contributed by atoms with van der Waals surface area (Å²) in [6.07, 6.45) is 1.17. The van der Waals surface area contributed by atoms with Gasteiger partial charge in [-0.2, -0.15) is 0 Å². The number of methoxy groups -OCH3 is 1. The van der Waals surface area contributed by atoms with Crippen LogP contribution in [0.2, 0.25) is 0 Å². The van der Waals surface area contributed by atoms with Crippen LogP contribution in [0, 0.1) is 0 Å². The van der Waals surface area contributed by atoms with Crippen LogP contribution in [0.4, 0.5) is 0 Å². The lowest BCUT2D eigenvalue weighted by molar-refractivity contribution is -0.143. The van der Waals surface area contributed by atoms with Crippen molar-refractivity contribution in [2.24, 2.45) is 0 Å². The topological polar surface area (TPSA) is 35.5 Å². The van der Waals surface area contributed by atoms with Gasteiger partial charge in [0, 0.05) is 25.0 Å². The fourth-order valence-corrected chi connectivity index (χ4v) is 0.773. The molecule has 4 heteroatoms. The molecule has 0 spiro atoms. The number of carbonyl (C=O) groups is 1. The van der Waals surface area contributed by atoms with Gasteiger partial charge < -0.3 is 9.47 Å². The minimum Gasteiger partial charge on any atom is -0.464 e. The molecule has 0 rings (SSSR count). The van der Waals surface area contributed by atoms with E-state index in [9.17, 15) is 4.79 Å². The normalized spacial score (nSPS) is 12.6. The number of hydrogen-bond donors (Lipinski definition) is 0. The van der Waals surface area contributed by atoms with Crippen molar-refractivity contribution in [3.63, 3.8) is 0 Å². The number of esters is 1. The van der Waals surface area contributed by atoms with Crippen LogP contribution in [-0.2, 0) is 14.3 Å².